The largest absolute Gasteiger partial charge is 0.391 e. The minimum Gasteiger partial charge on any atom is -0.391 e. The van der Waals surface area contributed by atoms with Crippen molar-refractivity contribution in [3.05, 3.63) is 0 Å². The minimum atomic E-state index is -0.00523. The fraction of sp³-hybridized carbons (Fsp3) is 0.875. The number of nitrogens with two attached hydrogens (primary N) is 1. The molecule has 2 N–H and O–H groups in total. The molecule has 0 radical (unpaired) electrons. The van der Waals surface area contributed by atoms with Gasteiger partial charge in [0.1, 0.15) is 11.1 Å². The van der Waals surface area contributed by atoms with Crippen LogP contribution < -0.4 is 5.73 Å². The topological polar surface area (TPSA) is 38.5 Å². The molecule has 68 valence electrons. The molecule has 0 aromatic carbocycles. The third-order valence-electron chi connectivity index (χ3n) is 2.71. The Bertz CT molecular complexity index is 197. The Labute approximate surface area is 77.9 Å². The van der Waals surface area contributed by atoms with E-state index in [2.05, 4.69) is 4.90 Å². The zero-order chi connectivity index (χ0) is 8.55. The predicted molar refractivity (Wildman–Crippen MR) is 51.1 cm³/mol. The lowest BCUT2D eigenvalue weighted by Gasteiger charge is -2.34. The number of fused-ring (bicyclic) bond motifs is 1. The van der Waals surface area contributed by atoms with Gasteiger partial charge in [0.2, 0.25) is 0 Å². The minimum absolute atomic E-state index is 0.00523. The third-order valence-corrected chi connectivity index (χ3v) is 2.97. The summed E-state index contributed by atoms with van der Waals surface area (Å²) in [5, 5.41) is 0. The smallest absolute Gasteiger partial charge is 0.120 e. The van der Waals surface area contributed by atoms with Crippen LogP contribution in [0, 0.1) is 0 Å². The van der Waals surface area contributed by atoms with Gasteiger partial charge < -0.3 is 10.5 Å². The second-order valence-corrected chi connectivity index (χ2v) is 3.99. The van der Waals surface area contributed by atoms with Crippen LogP contribution in [0.25, 0.3) is 0 Å². The number of hydrogen-bond donors (Lipinski definition) is 1. The Morgan fingerprint density at radius 3 is 3.17 bits per heavy atom. The van der Waals surface area contributed by atoms with Crippen LogP contribution in [0.2, 0.25) is 0 Å². The summed E-state index contributed by atoms with van der Waals surface area (Å²) in [6, 6.07) is 0.635. The number of thiocarbonyl (C=S) groups is 1. The molecule has 0 saturated carbocycles. The van der Waals surface area contributed by atoms with E-state index in [-0.39, 0.29) is 6.10 Å². The van der Waals surface area contributed by atoms with Crippen molar-refractivity contribution in [2.75, 3.05) is 19.7 Å². The number of morpholine rings is 1. The van der Waals surface area contributed by atoms with E-state index in [4.69, 9.17) is 22.7 Å². The molecule has 2 aliphatic rings. The second kappa shape index (κ2) is 3.28. The van der Waals surface area contributed by atoms with Gasteiger partial charge in [-0.15, -0.1) is 0 Å². The van der Waals surface area contributed by atoms with E-state index in [0.717, 1.165) is 13.2 Å². The molecule has 2 heterocycles. The summed E-state index contributed by atoms with van der Waals surface area (Å²) in [5.74, 6) is 0. The van der Waals surface area contributed by atoms with Gasteiger partial charge in [0.25, 0.3) is 0 Å². The van der Waals surface area contributed by atoms with E-state index in [1.807, 2.05) is 0 Å². The maximum atomic E-state index is 5.55. The van der Waals surface area contributed by atoms with Crippen LogP contribution in [0.15, 0.2) is 0 Å². The zero-order valence-corrected chi connectivity index (χ0v) is 7.85. The predicted octanol–water partition coefficient (Wildman–Crippen LogP) is 0.136. The van der Waals surface area contributed by atoms with Gasteiger partial charge in [0, 0.05) is 12.6 Å². The molecular formula is C8H14N2OS. The Balaban J connectivity index is 1.96. The molecule has 0 aliphatic carbocycles. The summed E-state index contributed by atoms with van der Waals surface area (Å²) in [7, 11) is 0. The zero-order valence-electron chi connectivity index (χ0n) is 7.03. The van der Waals surface area contributed by atoms with Gasteiger partial charge >= 0.3 is 0 Å². The summed E-state index contributed by atoms with van der Waals surface area (Å²) in [6.45, 7) is 2.90. The SMILES string of the molecule is NC(=S)[C@H]1CN2CCC[C@@H]2CO1. The maximum absolute atomic E-state index is 5.55. The van der Waals surface area contributed by atoms with Crippen LogP contribution >= 0.6 is 12.2 Å². The van der Waals surface area contributed by atoms with Crippen LogP contribution in [-0.4, -0.2) is 41.7 Å². The van der Waals surface area contributed by atoms with Crippen molar-refractivity contribution in [3.8, 4) is 0 Å². The quantitative estimate of drug-likeness (QED) is 0.591. The van der Waals surface area contributed by atoms with Crippen molar-refractivity contribution in [3.63, 3.8) is 0 Å². The van der Waals surface area contributed by atoms with Crippen LogP contribution in [-0.2, 0) is 4.74 Å². The van der Waals surface area contributed by atoms with E-state index in [0.29, 0.717) is 11.0 Å². The van der Waals surface area contributed by atoms with Crippen LogP contribution in [0.5, 0.6) is 0 Å². The number of hydrogen-bond acceptors (Lipinski definition) is 3. The first kappa shape index (κ1) is 8.41. The Morgan fingerprint density at radius 2 is 2.42 bits per heavy atom. The van der Waals surface area contributed by atoms with E-state index >= 15 is 0 Å². The Hall–Kier alpha value is -0.190. The second-order valence-electron chi connectivity index (χ2n) is 3.52. The number of rotatable bonds is 1. The molecule has 0 aromatic rings. The lowest BCUT2D eigenvalue weighted by Crippen LogP contribution is -2.50. The summed E-state index contributed by atoms with van der Waals surface area (Å²) in [5.41, 5.74) is 5.53. The van der Waals surface area contributed by atoms with Gasteiger partial charge in [0.15, 0.2) is 0 Å². The summed E-state index contributed by atoms with van der Waals surface area (Å²) >= 11 is 4.90. The molecular weight excluding hydrogens is 172 g/mol. The molecule has 4 heteroatoms. The molecule has 12 heavy (non-hydrogen) atoms. The Kier molecular flexibility index (Phi) is 2.30. The normalized spacial score (nSPS) is 36.3. The van der Waals surface area contributed by atoms with Gasteiger partial charge in [-0.2, -0.15) is 0 Å². The van der Waals surface area contributed by atoms with Crippen molar-refractivity contribution in [2.45, 2.75) is 25.0 Å². The first-order valence-corrected chi connectivity index (χ1v) is 4.83. The average molecular weight is 186 g/mol. The highest BCUT2D eigenvalue weighted by molar-refractivity contribution is 7.80. The lowest BCUT2D eigenvalue weighted by atomic mass is 10.2. The Morgan fingerprint density at radius 1 is 1.58 bits per heavy atom. The maximum Gasteiger partial charge on any atom is 0.120 e. The van der Waals surface area contributed by atoms with Crippen LogP contribution in [0.1, 0.15) is 12.8 Å². The highest BCUT2D eigenvalue weighted by Crippen LogP contribution is 2.22. The fourth-order valence-electron chi connectivity index (χ4n) is 1.99. The van der Waals surface area contributed by atoms with Crippen molar-refractivity contribution >= 4 is 17.2 Å². The molecule has 3 nitrogen and oxygen atoms in total. The fourth-order valence-corrected chi connectivity index (χ4v) is 2.13. The highest BCUT2D eigenvalue weighted by Gasteiger charge is 2.32. The molecule has 0 bridgehead atoms. The van der Waals surface area contributed by atoms with E-state index in [1.54, 1.807) is 0 Å². The van der Waals surface area contributed by atoms with Crippen molar-refractivity contribution in [2.24, 2.45) is 5.73 Å². The van der Waals surface area contributed by atoms with Gasteiger partial charge in [-0.3, -0.25) is 4.90 Å². The van der Waals surface area contributed by atoms with E-state index in [1.165, 1.54) is 19.4 Å². The summed E-state index contributed by atoms with van der Waals surface area (Å²) < 4.78 is 5.55. The van der Waals surface area contributed by atoms with E-state index < -0.39 is 0 Å². The summed E-state index contributed by atoms with van der Waals surface area (Å²) in [6.07, 6.45) is 2.55. The van der Waals surface area contributed by atoms with Gasteiger partial charge in [-0.25, -0.2) is 0 Å². The van der Waals surface area contributed by atoms with Gasteiger partial charge in [-0.1, -0.05) is 12.2 Å². The molecule has 2 fully saturated rings. The van der Waals surface area contributed by atoms with Crippen LogP contribution in [0.3, 0.4) is 0 Å². The van der Waals surface area contributed by atoms with Crippen LogP contribution in [0.4, 0.5) is 0 Å². The highest BCUT2D eigenvalue weighted by atomic mass is 32.1. The van der Waals surface area contributed by atoms with Crippen molar-refractivity contribution < 1.29 is 4.74 Å². The average Bonchev–Trinajstić information content (AvgIpc) is 2.49. The molecule has 2 atom stereocenters. The molecule has 0 unspecified atom stereocenters. The third kappa shape index (κ3) is 1.46. The van der Waals surface area contributed by atoms with Crippen molar-refractivity contribution in [1.82, 2.24) is 4.90 Å². The molecule has 2 aliphatic heterocycles. The first-order valence-electron chi connectivity index (χ1n) is 4.42. The monoisotopic (exact) mass is 186 g/mol. The molecule has 0 aromatic heterocycles. The summed E-state index contributed by atoms with van der Waals surface area (Å²) in [4.78, 5) is 2.94. The molecule has 0 spiro atoms. The molecule has 2 rings (SSSR count). The molecule has 2 saturated heterocycles. The number of nitrogens with zero attached hydrogens (tertiary/aromatic N) is 1. The number of ether oxygens (including phenoxy) is 1. The van der Waals surface area contributed by atoms with E-state index in [9.17, 15) is 0 Å². The van der Waals surface area contributed by atoms with Crippen molar-refractivity contribution in [1.29, 1.82) is 0 Å². The molecule has 0 amide bonds. The van der Waals surface area contributed by atoms with Gasteiger partial charge in [0.05, 0.1) is 6.61 Å². The first-order chi connectivity index (χ1) is 5.77. The lowest BCUT2D eigenvalue weighted by molar-refractivity contribution is -0.0155. The van der Waals surface area contributed by atoms with Gasteiger partial charge in [-0.05, 0) is 19.4 Å². The standard InChI is InChI=1S/C8H14N2OS/c9-8(12)7-4-10-3-1-2-6(10)5-11-7/h6-7H,1-5H2,(H2,9,12)/t6-,7-/m1/s1.